The summed E-state index contributed by atoms with van der Waals surface area (Å²) in [5, 5.41) is 4.78. The van der Waals surface area contributed by atoms with Crippen molar-refractivity contribution in [2.24, 2.45) is 0 Å². The molecule has 1 N–H and O–H groups in total. The van der Waals surface area contributed by atoms with E-state index in [1.54, 1.807) is 6.07 Å². The van der Waals surface area contributed by atoms with E-state index in [0.717, 1.165) is 18.5 Å². The van der Waals surface area contributed by atoms with Crippen LogP contribution in [-0.4, -0.2) is 11.5 Å². The van der Waals surface area contributed by atoms with E-state index in [0.29, 0.717) is 26.6 Å². The van der Waals surface area contributed by atoms with E-state index in [-0.39, 0.29) is 0 Å². The summed E-state index contributed by atoms with van der Waals surface area (Å²) >= 11 is 18.5. The number of aromatic nitrogens is 1. The predicted octanol–water partition coefficient (Wildman–Crippen LogP) is 5.53. The number of hydrogen-bond donors (Lipinski definition) is 1. The summed E-state index contributed by atoms with van der Waals surface area (Å²) in [4.78, 5) is 4.48. The van der Waals surface area contributed by atoms with Crippen LogP contribution in [0.25, 0.3) is 11.3 Å². The molecule has 0 aliphatic heterocycles. The summed E-state index contributed by atoms with van der Waals surface area (Å²) in [6.07, 6.45) is 0.988. The first kappa shape index (κ1) is 14.4. The molecular weight excluding hydrogens is 303 g/mol. The van der Waals surface area contributed by atoms with E-state index in [1.165, 1.54) is 0 Å². The zero-order valence-corrected chi connectivity index (χ0v) is 12.6. The van der Waals surface area contributed by atoms with Crippen LogP contribution in [0.5, 0.6) is 0 Å². The molecule has 100 valence electrons. The van der Waals surface area contributed by atoms with Crippen molar-refractivity contribution in [2.45, 2.75) is 13.3 Å². The summed E-state index contributed by atoms with van der Waals surface area (Å²) < 4.78 is 0. The zero-order valence-electron chi connectivity index (χ0n) is 10.4. The molecule has 2 rings (SSSR count). The third-order valence-electron chi connectivity index (χ3n) is 2.60. The molecule has 0 atom stereocenters. The van der Waals surface area contributed by atoms with Crippen molar-refractivity contribution >= 4 is 40.6 Å². The van der Waals surface area contributed by atoms with Gasteiger partial charge in [0.05, 0.1) is 20.8 Å². The van der Waals surface area contributed by atoms with E-state index >= 15 is 0 Å². The SMILES string of the molecule is CCCNc1nc(-c2ccccc2Cl)c(Cl)cc1Cl. The fourth-order valence-electron chi connectivity index (χ4n) is 1.68. The van der Waals surface area contributed by atoms with E-state index in [4.69, 9.17) is 34.8 Å². The molecule has 0 bridgehead atoms. The van der Waals surface area contributed by atoms with Crippen LogP contribution in [0.1, 0.15) is 13.3 Å². The van der Waals surface area contributed by atoms with E-state index in [9.17, 15) is 0 Å². The van der Waals surface area contributed by atoms with Crippen LogP contribution in [0.15, 0.2) is 30.3 Å². The molecule has 1 aromatic heterocycles. The molecule has 0 aliphatic carbocycles. The summed E-state index contributed by atoms with van der Waals surface area (Å²) in [5.74, 6) is 0.628. The van der Waals surface area contributed by atoms with Crippen LogP contribution < -0.4 is 5.32 Å². The molecule has 2 nitrogen and oxygen atoms in total. The van der Waals surface area contributed by atoms with Crippen LogP contribution >= 0.6 is 34.8 Å². The number of benzene rings is 1. The second-order valence-corrected chi connectivity index (χ2v) is 5.28. The number of halogens is 3. The molecule has 0 saturated heterocycles. The van der Waals surface area contributed by atoms with Gasteiger partial charge < -0.3 is 5.32 Å². The van der Waals surface area contributed by atoms with Gasteiger partial charge in [-0.15, -0.1) is 0 Å². The maximum atomic E-state index is 6.21. The normalized spacial score (nSPS) is 10.5. The van der Waals surface area contributed by atoms with Gasteiger partial charge in [-0.05, 0) is 18.6 Å². The van der Waals surface area contributed by atoms with Gasteiger partial charge in [0.1, 0.15) is 5.82 Å². The van der Waals surface area contributed by atoms with Gasteiger partial charge in [0.15, 0.2) is 0 Å². The first-order valence-corrected chi connectivity index (χ1v) is 7.11. The largest absolute Gasteiger partial charge is 0.369 e. The topological polar surface area (TPSA) is 24.9 Å². The Labute approximate surface area is 127 Å². The fourth-order valence-corrected chi connectivity index (χ4v) is 2.43. The summed E-state index contributed by atoms with van der Waals surface area (Å²) in [6.45, 7) is 2.88. The number of hydrogen-bond acceptors (Lipinski definition) is 2. The maximum Gasteiger partial charge on any atom is 0.145 e. The highest BCUT2D eigenvalue weighted by Gasteiger charge is 2.13. The van der Waals surface area contributed by atoms with Gasteiger partial charge in [0, 0.05) is 12.1 Å². The first-order chi connectivity index (χ1) is 9.13. The average Bonchev–Trinajstić information content (AvgIpc) is 2.39. The van der Waals surface area contributed by atoms with Gasteiger partial charge in [-0.1, -0.05) is 59.9 Å². The van der Waals surface area contributed by atoms with Crippen molar-refractivity contribution in [3.05, 3.63) is 45.4 Å². The molecular formula is C14H13Cl3N2. The molecule has 0 aliphatic rings. The number of anilines is 1. The number of nitrogens with one attached hydrogen (secondary N) is 1. The van der Waals surface area contributed by atoms with Crippen molar-refractivity contribution in [3.8, 4) is 11.3 Å². The van der Waals surface area contributed by atoms with Crippen molar-refractivity contribution in [3.63, 3.8) is 0 Å². The monoisotopic (exact) mass is 314 g/mol. The minimum Gasteiger partial charge on any atom is -0.369 e. The van der Waals surface area contributed by atoms with Crippen LogP contribution in [0.2, 0.25) is 15.1 Å². The Morgan fingerprint density at radius 1 is 1.05 bits per heavy atom. The van der Waals surface area contributed by atoms with E-state index in [1.807, 2.05) is 24.3 Å². The first-order valence-electron chi connectivity index (χ1n) is 5.98. The van der Waals surface area contributed by atoms with Crippen LogP contribution in [0.4, 0.5) is 5.82 Å². The minimum absolute atomic E-state index is 0.486. The molecule has 2 aromatic rings. The molecule has 0 radical (unpaired) electrons. The third kappa shape index (κ3) is 3.33. The highest BCUT2D eigenvalue weighted by Crippen LogP contribution is 2.35. The zero-order chi connectivity index (χ0) is 13.8. The van der Waals surface area contributed by atoms with Crippen molar-refractivity contribution in [1.82, 2.24) is 4.98 Å². The lowest BCUT2D eigenvalue weighted by atomic mass is 10.1. The number of pyridine rings is 1. The number of nitrogens with zero attached hydrogens (tertiary/aromatic N) is 1. The van der Waals surface area contributed by atoms with Gasteiger partial charge in [-0.2, -0.15) is 0 Å². The van der Waals surface area contributed by atoms with Gasteiger partial charge in [0.2, 0.25) is 0 Å². The lowest BCUT2D eigenvalue weighted by Gasteiger charge is -2.11. The summed E-state index contributed by atoms with van der Waals surface area (Å²) in [6, 6.07) is 9.14. The lowest BCUT2D eigenvalue weighted by Crippen LogP contribution is -2.03. The van der Waals surface area contributed by atoms with Gasteiger partial charge in [0.25, 0.3) is 0 Å². The predicted molar refractivity (Wildman–Crippen MR) is 83.5 cm³/mol. The second kappa shape index (κ2) is 6.47. The van der Waals surface area contributed by atoms with E-state index < -0.39 is 0 Å². The maximum absolute atomic E-state index is 6.21. The average molecular weight is 316 g/mol. The highest BCUT2D eigenvalue weighted by molar-refractivity contribution is 6.38. The molecule has 0 spiro atoms. The second-order valence-electron chi connectivity index (χ2n) is 4.06. The quantitative estimate of drug-likeness (QED) is 0.802. The Kier molecular flexibility index (Phi) is 4.92. The molecule has 5 heteroatoms. The highest BCUT2D eigenvalue weighted by atomic mass is 35.5. The van der Waals surface area contributed by atoms with Crippen molar-refractivity contribution in [2.75, 3.05) is 11.9 Å². The number of rotatable bonds is 4. The van der Waals surface area contributed by atoms with Gasteiger partial charge in [-0.25, -0.2) is 4.98 Å². The Morgan fingerprint density at radius 2 is 1.79 bits per heavy atom. The Morgan fingerprint density at radius 3 is 2.47 bits per heavy atom. The smallest absolute Gasteiger partial charge is 0.145 e. The molecule has 0 saturated carbocycles. The lowest BCUT2D eigenvalue weighted by molar-refractivity contribution is 0.970. The van der Waals surface area contributed by atoms with Gasteiger partial charge >= 0.3 is 0 Å². The van der Waals surface area contributed by atoms with Crippen LogP contribution in [0, 0.1) is 0 Å². The third-order valence-corrected chi connectivity index (χ3v) is 3.51. The van der Waals surface area contributed by atoms with Crippen molar-refractivity contribution < 1.29 is 0 Å². The van der Waals surface area contributed by atoms with Gasteiger partial charge in [-0.3, -0.25) is 0 Å². The van der Waals surface area contributed by atoms with Crippen molar-refractivity contribution in [1.29, 1.82) is 0 Å². The van der Waals surface area contributed by atoms with E-state index in [2.05, 4.69) is 17.2 Å². The molecule has 0 fully saturated rings. The Hall–Kier alpha value is -0.960. The molecule has 0 unspecified atom stereocenters. The Balaban J connectivity index is 2.48. The molecule has 1 aromatic carbocycles. The standard InChI is InChI=1S/C14H13Cl3N2/c1-2-7-18-14-12(17)8-11(16)13(19-14)9-5-3-4-6-10(9)15/h3-6,8H,2,7H2,1H3,(H,18,19). The summed E-state index contributed by atoms with van der Waals surface area (Å²) in [5.41, 5.74) is 1.43. The minimum atomic E-state index is 0.486. The Bertz CT molecular complexity index is 585. The van der Waals surface area contributed by atoms with Crippen LogP contribution in [-0.2, 0) is 0 Å². The fraction of sp³-hybridized carbons (Fsp3) is 0.214. The summed E-state index contributed by atoms with van der Waals surface area (Å²) in [7, 11) is 0. The molecule has 0 amide bonds. The van der Waals surface area contributed by atoms with Crippen LogP contribution in [0.3, 0.4) is 0 Å². The molecule has 1 heterocycles. The molecule has 19 heavy (non-hydrogen) atoms.